The van der Waals surface area contributed by atoms with Crippen molar-refractivity contribution in [2.45, 2.75) is 46.1 Å². The van der Waals surface area contributed by atoms with Crippen molar-refractivity contribution in [3.05, 3.63) is 58.3 Å². The van der Waals surface area contributed by atoms with Crippen LogP contribution in [0.25, 0.3) is 27.7 Å². The number of rotatable bonds is 1. The van der Waals surface area contributed by atoms with Crippen LogP contribution < -0.4 is 5.56 Å². The Labute approximate surface area is 175 Å². The van der Waals surface area contributed by atoms with Gasteiger partial charge >= 0.3 is 0 Å². The lowest BCUT2D eigenvalue weighted by molar-refractivity contribution is 0.200. The number of H-pyrrole nitrogens is 1. The Bertz CT molecular complexity index is 1230. The summed E-state index contributed by atoms with van der Waals surface area (Å²) in [4.78, 5) is 18.6. The maximum atomic E-state index is 11.7. The Kier molecular flexibility index (Phi) is 5.63. The largest absolute Gasteiger partial charge is 0.304 e. The molecule has 0 amide bonds. The molecular weight excluding hydrogens is 376 g/mol. The van der Waals surface area contributed by atoms with Crippen molar-refractivity contribution in [3.63, 3.8) is 0 Å². The number of hydrogen-bond acceptors (Lipinski definition) is 5. The fourth-order valence-corrected chi connectivity index (χ4v) is 3.88. The number of imidazole rings is 1. The quantitative estimate of drug-likeness (QED) is 0.523. The lowest BCUT2D eigenvalue weighted by Crippen LogP contribution is -2.33. The average Bonchev–Trinajstić information content (AvgIpc) is 3.11. The topological polar surface area (TPSA) is 79.2 Å². The van der Waals surface area contributed by atoms with E-state index in [1.54, 1.807) is 16.8 Å². The third kappa shape index (κ3) is 4.11. The Morgan fingerprint density at radius 3 is 2.73 bits per heavy atom. The van der Waals surface area contributed by atoms with Crippen LogP contribution in [0.3, 0.4) is 0 Å². The number of nitrogens with zero attached hydrogens (tertiary/aromatic N) is 5. The highest BCUT2D eigenvalue weighted by Crippen LogP contribution is 2.23. The molecule has 1 saturated heterocycles. The highest BCUT2D eigenvalue weighted by atomic mass is 16.1. The molecule has 156 valence electrons. The van der Waals surface area contributed by atoms with Crippen molar-refractivity contribution >= 4 is 16.4 Å². The van der Waals surface area contributed by atoms with Crippen molar-refractivity contribution in [1.29, 1.82) is 0 Å². The van der Waals surface area contributed by atoms with Gasteiger partial charge in [-0.3, -0.25) is 4.79 Å². The minimum atomic E-state index is -0.186. The molecule has 0 radical (unpaired) electrons. The van der Waals surface area contributed by atoms with E-state index in [0.717, 1.165) is 39.6 Å². The summed E-state index contributed by atoms with van der Waals surface area (Å²) in [5.74, 6) is 0. The molecule has 1 atom stereocenters. The standard InChI is InChI=1S/C16H13N5O.C7H15N/c1-9-5-14(20-21-8-10(2)18-15(9)21)11-3-4-13-12(6-11)7-17-19-16(13)22;1-7-5-3-4-6-8(7)2/h3-8H,1-2H3,(H,19,22);7H,3-6H2,1-2H3. The van der Waals surface area contributed by atoms with E-state index in [0.29, 0.717) is 5.39 Å². The molecule has 1 N–H and O–H groups in total. The number of aromatic amines is 1. The summed E-state index contributed by atoms with van der Waals surface area (Å²) in [5.41, 5.74) is 4.44. The van der Waals surface area contributed by atoms with Gasteiger partial charge in [-0.1, -0.05) is 12.5 Å². The summed E-state index contributed by atoms with van der Waals surface area (Å²) in [6.45, 7) is 7.57. The van der Waals surface area contributed by atoms with Crippen molar-refractivity contribution in [2.24, 2.45) is 0 Å². The fraction of sp³-hybridized carbons (Fsp3) is 0.391. The predicted molar refractivity (Wildman–Crippen MR) is 120 cm³/mol. The van der Waals surface area contributed by atoms with Gasteiger partial charge in [0, 0.05) is 17.0 Å². The number of aryl methyl sites for hydroxylation is 2. The summed E-state index contributed by atoms with van der Waals surface area (Å²) >= 11 is 0. The molecule has 0 saturated carbocycles. The molecule has 4 aromatic rings. The highest BCUT2D eigenvalue weighted by molar-refractivity contribution is 5.85. The molecule has 4 heterocycles. The van der Waals surface area contributed by atoms with E-state index in [1.165, 1.54) is 25.8 Å². The van der Waals surface area contributed by atoms with E-state index in [1.807, 2.05) is 38.2 Å². The van der Waals surface area contributed by atoms with E-state index in [-0.39, 0.29) is 5.56 Å². The molecule has 1 fully saturated rings. The number of likely N-dealkylation sites (tertiary alicyclic amines) is 1. The number of aromatic nitrogens is 5. The SMILES string of the molecule is CC1CCCCN1C.Cc1cn2nc(-c3ccc4c(=O)[nH]ncc4c3)cc(C)c2n1. The minimum absolute atomic E-state index is 0.186. The van der Waals surface area contributed by atoms with Crippen LogP contribution in [0.5, 0.6) is 0 Å². The van der Waals surface area contributed by atoms with Gasteiger partial charge in [0.1, 0.15) is 0 Å². The summed E-state index contributed by atoms with van der Waals surface area (Å²) in [6, 6.07) is 8.46. The van der Waals surface area contributed by atoms with Gasteiger partial charge in [0.05, 0.1) is 29.2 Å². The van der Waals surface area contributed by atoms with Crippen LogP contribution in [-0.2, 0) is 0 Å². The van der Waals surface area contributed by atoms with Gasteiger partial charge < -0.3 is 4.90 Å². The first-order valence-corrected chi connectivity index (χ1v) is 10.4. The van der Waals surface area contributed by atoms with Crippen LogP contribution in [0.4, 0.5) is 0 Å². The van der Waals surface area contributed by atoms with Crippen molar-refractivity contribution in [3.8, 4) is 11.3 Å². The van der Waals surface area contributed by atoms with Crippen LogP contribution in [0.2, 0.25) is 0 Å². The molecule has 7 nitrogen and oxygen atoms in total. The Balaban J connectivity index is 0.000000230. The van der Waals surface area contributed by atoms with Crippen LogP contribution in [0, 0.1) is 13.8 Å². The lowest BCUT2D eigenvalue weighted by atomic mass is 10.1. The molecule has 1 aliphatic heterocycles. The number of benzene rings is 1. The Morgan fingerprint density at radius 2 is 2.00 bits per heavy atom. The van der Waals surface area contributed by atoms with Crippen LogP contribution in [-0.4, -0.2) is 49.3 Å². The second-order valence-electron chi connectivity index (χ2n) is 8.19. The van der Waals surface area contributed by atoms with Gasteiger partial charge in [0.25, 0.3) is 5.56 Å². The van der Waals surface area contributed by atoms with Gasteiger partial charge in [0.2, 0.25) is 0 Å². The first-order chi connectivity index (χ1) is 14.4. The smallest absolute Gasteiger partial charge is 0.272 e. The Hall–Kier alpha value is -3.06. The summed E-state index contributed by atoms with van der Waals surface area (Å²) in [6.07, 6.45) is 7.79. The maximum Gasteiger partial charge on any atom is 0.272 e. The minimum Gasteiger partial charge on any atom is -0.304 e. The molecule has 1 aliphatic rings. The molecule has 5 rings (SSSR count). The molecule has 0 aliphatic carbocycles. The van der Waals surface area contributed by atoms with Gasteiger partial charge in [-0.15, -0.1) is 0 Å². The molecule has 7 heteroatoms. The number of piperidine rings is 1. The van der Waals surface area contributed by atoms with Crippen molar-refractivity contribution in [1.82, 2.24) is 29.7 Å². The van der Waals surface area contributed by atoms with Crippen LogP contribution in [0.1, 0.15) is 37.4 Å². The third-order valence-electron chi connectivity index (χ3n) is 5.83. The van der Waals surface area contributed by atoms with Gasteiger partial charge in [-0.2, -0.15) is 10.2 Å². The zero-order chi connectivity index (χ0) is 21.3. The number of hydrogen-bond donors (Lipinski definition) is 1. The molecule has 0 bridgehead atoms. The van der Waals surface area contributed by atoms with E-state index < -0.39 is 0 Å². The molecule has 30 heavy (non-hydrogen) atoms. The van der Waals surface area contributed by atoms with Gasteiger partial charge in [0.15, 0.2) is 5.65 Å². The maximum absolute atomic E-state index is 11.7. The molecule has 3 aromatic heterocycles. The molecule has 0 spiro atoms. The zero-order valence-corrected chi connectivity index (χ0v) is 18.0. The van der Waals surface area contributed by atoms with E-state index in [2.05, 4.69) is 39.2 Å². The van der Waals surface area contributed by atoms with E-state index >= 15 is 0 Å². The number of nitrogens with one attached hydrogen (secondary N) is 1. The lowest BCUT2D eigenvalue weighted by Gasteiger charge is -2.29. The zero-order valence-electron chi connectivity index (χ0n) is 18.0. The second-order valence-corrected chi connectivity index (χ2v) is 8.19. The van der Waals surface area contributed by atoms with Gasteiger partial charge in [-0.05, 0) is 71.0 Å². The molecule has 1 unspecified atom stereocenters. The van der Waals surface area contributed by atoms with Crippen LogP contribution in [0.15, 0.2) is 41.5 Å². The predicted octanol–water partition coefficient (Wildman–Crippen LogP) is 3.74. The highest BCUT2D eigenvalue weighted by Gasteiger charge is 2.12. The van der Waals surface area contributed by atoms with Crippen molar-refractivity contribution in [2.75, 3.05) is 13.6 Å². The Morgan fingerprint density at radius 1 is 1.17 bits per heavy atom. The van der Waals surface area contributed by atoms with E-state index in [4.69, 9.17) is 0 Å². The summed E-state index contributed by atoms with van der Waals surface area (Å²) in [7, 11) is 2.21. The third-order valence-corrected chi connectivity index (χ3v) is 5.83. The summed E-state index contributed by atoms with van der Waals surface area (Å²) in [5, 5.41) is 12.3. The van der Waals surface area contributed by atoms with E-state index in [9.17, 15) is 4.79 Å². The monoisotopic (exact) mass is 404 g/mol. The number of fused-ring (bicyclic) bond motifs is 2. The molecular formula is C23H28N6O. The fourth-order valence-electron chi connectivity index (χ4n) is 3.88. The first kappa shape index (κ1) is 20.2. The average molecular weight is 405 g/mol. The van der Waals surface area contributed by atoms with Crippen molar-refractivity contribution < 1.29 is 0 Å². The first-order valence-electron chi connectivity index (χ1n) is 10.4. The van der Waals surface area contributed by atoms with Gasteiger partial charge in [-0.25, -0.2) is 14.6 Å². The molecule has 1 aromatic carbocycles. The second kappa shape index (κ2) is 8.36. The normalized spacial score (nSPS) is 17.1. The summed E-state index contributed by atoms with van der Waals surface area (Å²) < 4.78 is 1.79. The van der Waals surface area contributed by atoms with Crippen LogP contribution >= 0.6 is 0 Å².